The summed E-state index contributed by atoms with van der Waals surface area (Å²) in [6, 6.07) is 59.4. The second-order valence-electron chi connectivity index (χ2n) is 21.2. The van der Waals surface area contributed by atoms with Crippen LogP contribution in [0.25, 0.3) is 82.4 Å². The fourth-order valence-corrected chi connectivity index (χ4v) is 10.8. The predicted molar refractivity (Wildman–Crippen MR) is 300 cm³/mol. The van der Waals surface area contributed by atoms with Crippen molar-refractivity contribution in [3.63, 3.8) is 0 Å². The molecule has 13 rings (SSSR count). The third-order valence-corrected chi connectivity index (χ3v) is 14.6. The summed E-state index contributed by atoms with van der Waals surface area (Å²) >= 11 is 0. The van der Waals surface area contributed by atoms with Gasteiger partial charge in [0.15, 0.2) is 0 Å². The molecule has 73 heavy (non-hydrogen) atoms. The van der Waals surface area contributed by atoms with E-state index in [1.165, 1.54) is 9.13 Å². The summed E-state index contributed by atoms with van der Waals surface area (Å²) in [4.78, 5) is 8.96. The molecule has 0 amide bonds. The maximum absolute atomic E-state index is 9.21. The zero-order chi connectivity index (χ0) is 54.4. The van der Waals surface area contributed by atoms with Gasteiger partial charge in [-0.15, -0.1) is 48.1 Å². The first-order valence-corrected chi connectivity index (χ1v) is 24.5. The molecule has 0 N–H and O–H groups in total. The van der Waals surface area contributed by atoms with Gasteiger partial charge < -0.3 is 28.2 Å². The molecule has 8 aromatic carbocycles. The maximum Gasteiger partial charge on any atom is 0.135 e. The minimum absolute atomic E-state index is 0. The molecule has 0 fully saturated rings. The van der Waals surface area contributed by atoms with Crippen molar-refractivity contribution in [3.8, 4) is 28.4 Å². The summed E-state index contributed by atoms with van der Waals surface area (Å²) in [5.41, 5.74) is 11.1. The number of anilines is 4. The summed E-state index contributed by atoms with van der Waals surface area (Å²) in [6.45, 7) is 11.5. The van der Waals surface area contributed by atoms with Crippen molar-refractivity contribution in [3.05, 3.63) is 199 Å². The first-order chi connectivity index (χ1) is 37.1. The van der Waals surface area contributed by atoms with Crippen molar-refractivity contribution in [2.75, 3.05) is 9.80 Å². The number of benzene rings is 8. The Balaban J connectivity index is 0.00000623. The Bertz CT molecular complexity index is 4300. The van der Waals surface area contributed by atoms with E-state index in [-0.39, 0.29) is 31.9 Å². The van der Waals surface area contributed by atoms with Crippen LogP contribution in [-0.4, -0.2) is 18.7 Å². The van der Waals surface area contributed by atoms with E-state index in [1.54, 1.807) is 0 Å². The number of hydrogen-bond donors (Lipinski definition) is 0. The second-order valence-corrected chi connectivity index (χ2v) is 21.2. The molecule has 0 spiro atoms. The van der Waals surface area contributed by atoms with Gasteiger partial charge in [-0.2, -0.15) is 12.1 Å². The zero-order valence-corrected chi connectivity index (χ0v) is 43.8. The van der Waals surface area contributed by atoms with Gasteiger partial charge in [0.1, 0.15) is 5.82 Å². The zero-order valence-electron chi connectivity index (χ0n) is 47.6. The van der Waals surface area contributed by atoms with Crippen molar-refractivity contribution in [2.24, 2.45) is 14.0 Å². The quantitative estimate of drug-likeness (QED) is 0.156. The molecule has 12 aromatic rings. The maximum atomic E-state index is 9.21. The van der Waals surface area contributed by atoms with E-state index in [2.05, 4.69) is 114 Å². The van der Waals surface area contributed by atoms with Gasteiger partial charge in [0.05, 0.1) is 16.7 Å². The number of hydrogen-bond acceptors (Lipinski definition) is 4. The van der Waals surface area contributed by atoms with E-state index < -0.39 is 14.0 Å². The van der Waals surface area contributed by atoms with Gasteiger partial charge in [0.2, 0.25) is 0 Å². The summed E-state index contributed by atoms with van der Waals surface area (Å²) in [5.74, 6) is 1.69. The Labute approximate surface area is 449 Å². The average molecular weight is 1140 g/mol. The Morgan fingerprint density at radius 3 is 1.81 bits per heavy atom. The van der Waals surface area contributed by atoms with Crippen LogP contribution in [0.15, 0.2) is 164 Å². The smallest absolute Gasteiger partial charge is 0.135 e. The topological polar surface area (TPSA) is 43.4 Å². The number of fused-ring (bicyclic) bond motifs is 10. The molecular weight excluding hydrogens is 1080 g/mol. The molecule has 7 nitrogen and oxygen atoms in total. The van der Waals surface area contributed by atoms with Crippen LogP contribution in [-0.2, 0) is 45.8 Å². The normalized spacial score (nSPS) is 14.6. The SMILES string of the molecule is [2H]C([2H])([2H])n1c2ccc(C(C)(C)C)cc2c2cc3c4cc(C(C)(C)C)ccc4n(C([2H])([2H])[2H])c3c(N3[CH-]N(c4[c-]c(Oc5[c-]c6c(cc5)c5ccccc5n6-c5cc(C)c(-c6ccccc6)cn5)ccc4)c4ccccc43)c21.[Pt]. The second kappa shape index (κ2) is 17.0. The predicted octanol–water partition coefficient (Wildman–Crippen LogP) is 16.8. The molecule has 0 unspecified atom stereocenters. The minimum Gasteiger partial charge on any atom is -0.509 e. The van der Waals surface area contributed by atoms with E-state index in [9.17, 15) is 8.22 Å². The van der Waals surface area contributed by atoms with Crippen LogP contribution >= 0.6 is 0 Å². The number of para-hydroxylation sites is 3. The summed E-state index contributed by atoms with van der Waals surface area (Å²) in [5, 5.41) is 5.02. The largest absolute Gasteiger partial charge is 0.509 e. The Hall–Kier alpha value is -7.60. The van der Waals surface area contributed by atoms with Crippen molar-refractivity contribution in [1.29, 1.82) is 0 Å². The molecule has 0 bridgehead atoms. The first-order valence-electron chi connectivity index (χ1n) is 27.5. The Morgan fingerprint density at radius 2 is 1.16 bits per heavy atom. The van der Waals surface area contributed by atoms with E-state index in [1.807, 2.05) is 132 Å². The van der Waals surface area contributed by atoms with Crippen LogP contribution in [0.2, 0.25) is 0 Å². The Kier molecular flexibility index (Phi) is 9.30. The molecule has 364 valence electrons. The van der Waals surface area contributed by atoms with Gasteiger partial charge in [-0.05, 0) is 100.0 Å². The van der Waals surface area contributed by atoms with Gasteiger partial charge in [-0.3, -0.25) is 0 Å². The fraction of sp³-hybridized carbons (Fsp3) is 0.169. The van der Waals surface area contributed by atoms with Gasteiger partial charge >= 0.3 is 0 Å². The van der Waals surface area contributed by atoms with Crippen LogP contribution in [0.4, 0.5) is 22.7 Å². The standard InChI is InChI=1S/C65H55N6O.Pt/c1-40-32-60(66-38-53(40)41-18-11-10-12-19-41)71-56-23-14-13-22-47(56)48-29-28-46(36-59(48)71)72-45-21-17-20-44(35-45)69-39-70(58-25-16-15-24-57(58)69)63-61-51(49-33-42(64(2,3)4)26-30-54(49)67(61)8)37-52-50-34-43(65(5,6)7)27-31-55(50)68(9)62(52)63;/h10-34,37-39H,1-9H3;/q-3;/i8D3,9D3;. The van der Waals surface area contributed by atoms with Gasteiger partial charge in [0, 0.05) is 116 Å². The van der Waals surface area contributed by atoms with E-state index >= 15 is 0 Å². The monoisotopic (exact) mass is 1140 g/mol. The molecule has 8 heteroatoms. The van der Waals surface area contributed by atoms with E-state index in [0.717, 1.165) is 71.9 Å². The Morgan fingerprint density at radius 1 is 0.548 bits per heavy atom. The average Bonchev–Trinajstić information content (AvgIpc) is 4.34. The number of ether oxygens (including phenoxy) is 1. The number of aryl methyl sites for hydroxylation is 3. The number of aromatic nitrogens is 4. The molecule has 0 atom stereocenters. The molecule has 0 saturated carbocycles. The molecule has 5 heterocycles. The summed E-state index contributed by atoms with van der Waals surface area (Å²) < 4.78 is 66.9. The fourth-order valence-electron chi connectivity index (χ4n) is 10.8. The minimum atomic E-state index is -2.67. The molecule has 1 aliphatic heterocycles. The summed E-state index contributed by atoms with van der Waals surface area (Å²) in [6.07, 6.45) is 1.93. The van der Waals surface area contributed by atoms with Crippen LogP contribution in [0, 0.1) is 25.7 Å². The van der Waals surface area contributed by atoms with Crippen molar-refractivity contribution in [2.45, 2.75) is 59.3 Å². The van der Waals surface area contributed by atoms with Crippen molar-refractivity contribution in [1.82, 2.24) is 18.7 Å². The molecular formula is C65H55N6OPt-3. The molecule has 1 aliphatic rings. The first kappa shape index (κ1) is 39.9. The third kappa shape index (κ3) is 7.37. The van der Waals surface area contributed by atoms with E-state index in [0.29, 0.717) is 61.4 Å². The van der Waals surface area contributed by atoms with Crippen LogP contribution in [0.3, 0.4) is 0 Å². The molecule has 0 saturated heterocycles. The van der Waals surface area contributed by atoms with Crippen LogP contribution < -0.4 is 14.5 Å². The molecule has 0 radical (unpaired) electrons. The number of pyridine rings is 1. The van der Waals surface area contributed by atoms with Gasteiger partial charge in [-0.1, -0.05) is 120 Å². The van der Waals surface area contributed by atoms with E-state index in [4.69, 9.17) is 9.72 Å². The number of rotatable bonds is 6. The van der Waals surface area contributed by atoms with Gasteiger partial charge in [0.25, 0.3) is 0 Å². The van der Waals surface area contributed by atoms with Crippen LogP contribution in [0.5, 0.6) is 11.5 Å². The molecule has 4 aromatic heterocycles. The number of nitrogens with zero attached hydrogens (tertiary/aromatic N) is 6. The third-order valence-electron chi connectivity index (χ3n) is 14.6. The molecule has 0 aliphatic carbocycles. The summed E-state index contributed by atoms with van der Waals surface area (Å²) in [7, 11) is 0. The van der Waals surface area contributed by atoms with Crippen molar-refractivity contribution < 1.29 is 34.0 Å². The van der Waals surface area contributed by atoms with Crippen molar-refractivity contribution >= 4 is 88.2 Å². The van der Waals surface area contributed by atoms with Crippen LogP contribution in [0.1, 0.15) is 66.5 Å². The van der Waals surface area contributed by atoms with Gasteiger partial charge in [-0.25, -0.2) is 4.98 Å².